The van der Waals surface area contributed by atoms with Crippen molar-refractivity contribution in [3.8, 4) is 0 Å². The Balaban J connectivity index is 1.70. The molecule has 13 nitrogen and oxygen atoms in total. The van der Waals surface area contributed by atoms with Crippen LogP contribution in [0.15, 0.2) is 47.6 Å². The molecule has 13 heteroatoms. The molecular formula is C52H81NO12. The Morgan fingerprint density at radius 3 is 2.25 bits per heavy atom. The lowest BCUT2D eigenvalue weighted by Gasteiger charge is -2.42. The summed E-state index contributed by atoms with van der Waals surface area (Å²) in [6.07, 6.45) is 13.6. The van der Waals surface area contributed by atoms with E-state index in [9.17, 15) is 34.2 Å². The molecule has 0 aromatic carbocycles. The van der Waals surface area contributed by atoms with Gasteiger partial charge in [0, 0.05) is 58.5 Å². The highest BCUT2D eigenvalue weighted by molar-refractivity contribution is 6.39. The smallest absolute Gasteiger partial charge is 0.329 e. The van der Waals surface area contributed by atoms with E-state index in [1.54, 1.807) is 41.1 Å². The van der Waals surface area contributed by atoms with Gasteiger partial charge in [0.05, 0.1) is 18.3 Å². The molecule has 2 bridgehead atoms. The fourth-order valence-electron chi connectivity index (χ4n) is 10.4. The molecule has 1 saturated carbocycles. The molecule has 0 radical (unpaired) electrons. The van der Waals surface area contributed by atoms with E-state index >= 15 is 0 Å². The van der Waals surface area contributed by atoms with Gasteiger partial charge in [-0.25, -0.2) is 4.79 Å². The first-order valence-corrected chi connectivity index (χ1v) is 24.2. The molecular weight excluding hydrogens is 831 g/mol. The minimum absolute atomic E-state index is 0.0304. The number of hydrogen-bond acceptors (Lipinski definition) is 12. The largest absolute Gasteiger partial charge is 0.460 e. The topological polar surface area (TPSA) is 175 Å². The molecule has 0 aromatic heterocycles. The first-order chi connectivity index (χ1) is 30.7. The van der Waals surface area contributed by atoms with Crippen LogP contribution in [0.2, 0.25) is 0 Å². The number of piperidine rings is 1. The van der Waals surface area contributed by atoms with E-state index in [1.807, 2.05) is 58.1 Å². The molecule has 4 aliphatic rings. The van der Waals surface area contributed by atoms with Crippen molar-refractivity contribution >= 4 is 29.2 Å². The summed E-state index contributed by atoms with van der Waals surface area (Å²) < 4.78 is 29.7. The van der Waals surface area contributed by atoms with Gasteiger partial charge < -0.3 is 38.8 Å². The highest BCUT2D eigenvalue weighted by atomic mass is 16.6. The molecule has 2 saturated heterocycles. The number of methoxy groups -OCH3 is 3. The van der Waals surface area contributed by atoms with Gasteiger partial charge >= 0.3 is 5.97 Å². The zero-order valence-corrected chi connectivity index (χ0v) is 41.2. The summed E-state index contributed by atoms with van der Waals surface area (Å²) in [7, 11) is 4.70. The molecule has 65 heavy (non-hydrogen) atoms. The Morgan fingerprint density at radius 1 is 0.846 bits per heavy atom. The number of fused-ring (bicyclic) bond motifs is 3. The number of carbonyl (C=O) groups excluding carboxylic acids is 5. The number of ketones is 3. The third-order valence-electron chi connectivity index (χ3n) is 14.8. The minimum atomic E-state index is -2.41. The van der Waals surface area contributed by atoms with Crippen LogP contribution in [0.3, 0.4) is 0 Å². The summed E-state index contributed by atoms with van der Waals surface area (Å²) in [5.74, 6) is -7.07. The van der Waals surface area contributed by atoms with E-state index in [4.69, 9.17) is 23.7 Å². The van der Waals surface area contributed by atoms with Crippen molar-refractivity contribution in [3.05, 3.63) is 47.6 Å². The van der Waals surface area contributed by atoms with Gasteiger partial charge in [-0.1, -0.05) is 78.0 Å². The number of ether oxygens (including phenoxy) is 5. The van der Waals surface area contributed by atoms with Crippen molar-refractivity contribution in [2.75, 3.05) is 27.9 Å². The number of hydrogen-bond donors (Lipinski definition) is 2. The third-order valence-corrected chi connectivity index (χ3v) is 14.8. The fraction of sp³-hybridized carbons (Fsp3) is 0.750. The SMILES string of the molecule is CO[C@H]1C[C@@H]2CC[C@@H](C)[C@@](O)(O2)C(=O)C(=O)N2CCCC[C@H]2C(=O)O[C@H]([C@H](C)C[C@@H]2CC[C@@H](C)[C@H](OC)C2)CC(=O)[C@H](C)/C=C(\C)[C@@H](O)[C@@H](OC)C(=O)[C@H](C)C[C@H](C)/C=C/C=C/C=C/1C. The Hall–Kier alpha value is -3.33. The van der Waals surface area contributed by atoms with E-state index in [0.717, 1.165) is 24.8 Å². The summed E-state index contributed by atoms with van der Waals surface area (Å²) >= 11 is 0. The van der Waals surface area contributed by atoms with E-state index in [1.165, 1.54) is 12.0 Å². The number of aliphatic hydroxyl groups excluding tert-OH is 1. The van der Waals surface area contributed by atoms with Crippen molar-refractivity contribution in [2.45, 2.75) is 181 Å². The van der Waals surface area contributed by atoms with Crippen molar-refractivity contribution < 1.29 is 57.9 Å². The van der Waals surface area contributed by atoms with Gasteiger partial charge in [-0.2, -0.15) is 0 Å². The summed E-state index contributed by atoms with van der Waals surface area (Å²) in [4.78, 5) is 71.9. The average molecular weight is 912 g/mol. The van der Waals surface area contributed by atoms with Crippen molar-refractivity contribution in [1.29, 1.82) is 0 Å². The number of aliphatic hydroxyl groups is 2. The molecule has 0 spiro atoms. The molecule has 3 aliphatic heterocycles. The van der Waals surface area contributed by atoms with Crippen LogP contribution in [0.25, 0.3) is 0 Å². The lowest BCUT2D eigenvalue weighted by Crippen LogP contribution is -2.61. The lowest BCUT2D eigenvalue weighted by molar-refractivity contribution is -0.265. The van der Waals surface area contributed by atoms with Crippen LogP contribution in [-0.4, -0.2) is 121 Å². The van der Waals surface area contributed by atoms with Crippen molar-refractivity contribution in [1.82, 2.24) is 4.90 Å². The number of carbonyl (C=O) groups is 5. The Bertz CT molecular complexity index is 1750. The molecule has 4 rings (SSSR count). The van der Waals surface area contributed by atoms with E-state index in [-0.39, 0.29) is 54.8 Å². The Labute approximate surface area is 388 Å². The van der Waals surface area contributed by atoms with Gasteiger partial charge in [0.2, 0.25) is 5.79 Å². The van der Waals surface area contributed by atoms with E-state index in [0.29, 0.717) is 56.4 Å². The molecule has 0 unspecified atom stereocenters. The molecule has 1 aliphatic carbocycles. The standard InChI is InChI=1S/C52H81NO12/c1-31-17-13-12-14-18-32(2)44(62-10)29-40-23-21-38(8)52(60,65-40)49(57)50(58)53-24-16-15-19-41(53)51(59)64-45(35(5)27-39-22-20-33(3)43(28-39)61-9)30-42(54)34(4)26-37(7)47(56)48(63-11)46(55)36(6)25-31/h12-14,17-18,26,31,33-36,38-41,43-45,47-48,56,60H,15-16,19-25,27-30H2,1-11H3/b14-12+,17-13+,32-18+,37-26+/t31-,33-,34-,35-,36-,38-,39+,40+,41+,43-,44+,45+,47-,48+,52-/m1/s1. The fourth-order valence-corrected chi connectivity index (χ4v) is 10.4. The third kappa shape index (κ3) is 14.3. The molecule has 15 atom stereocenters. The summed E-state index contributed by atoms with van der Waals surface area (Å²) in [5.41, 5.74) is 1.30. The maximum absolute atomic E-state index is 14.4. The van der Waals surface area contributed by atoms with Crippen LogP contribution in [0.5, 0.6) is 0 Å². The highest BCUT2D eigenvalue weighted by Gasteiger charge is 2.53. The predicted octanol–water partition coefficient (Wildman–Crippen LogP) is 7.46. The van der Waals surface area contributed by atoms with Gasteiger partial charge in [0.15, 0.2) is 5.78 Å². The summed E-state index contributed by atoms with van der Waals surface area (Å²) in [6, 6.07) is -1.11. The maximum atomic E-state index is 14.4. The van der Waals surface area contributed by atoms with Gasteiger partial charge in [0.1, 0.15) is 30.1 Å². The van der Waals surface area contributed by atoms with E-state index < -0.39 is 77.8 Å². The molecule has 3 fully saturated rings. The minimum Gasteiger partial charge on any atom is -0.460 e. The van der Waals surface area contributed by atoms with Gasteiger partial charge in [-0.3, -0.25) is 19.2 Å². The first kappa shape index (κ1) is 54.3. The van der Waals surface area contributed by atoms with Crippen LogP contribution in [0, 0.1) is 41.4 Å². The second-order valence-electron chi connectivity index (χ2n) is 20.0. The quantitative estimate of drug-likeness (QED) is 0.153. The second kappa shape index (κ2) is 25.2. The van der Waals surface area contributed by atoms with Gasteiger partial charge in [-0.05, 0) is 113 Å². The number of amides is 1. The maximum Gasteiger partial charge on any atom is 0.329 e. The van der Waals surface area contributed by atoms with Crippen LogP contribution < -0.4 is 0 Å². The van der Waals surface area contributed by atoms with Gasteiger partial charge in [-0.15, -0.1) is 0 Å². The molecule has 366 valence electrons. The number of allylic oxidation sites excluding steroid dienone is 6. The second-order valence-corrected chi connectivity index (χ2v) is 20.0. The van der Waals surface area contributed by atoms with Crippen LogP contribution in [0.4, 0.5) is 0 Å². The van der Waals surface area contributed by atoms with Gasteiger partial charge in [0.25, 0.3) is 11.7 Å². The molecule has 2 N–H and O–H groups in total. The monoisotopic (exact) mass is 912 g/mol. The first-order valence-electron chi connectivity index (χ1n) is 24.2. The molecule has 0 aromatic rings. The highest BCUT2D eigenvalue weighted by Crippen LogP contribution is 2.38. The number of nitrogens with zero attached hydrogens (tertiary/aromatic N) is 1. The number of Topliss-reactive ketones (excluding diaryl/α,β-unsaturated/α-hetero) is 3. The summed E-state index contributed by atoms with van der Waals surface area (Å²) in [5, 5.41) is 23.4. The number of rotatable bonds is 6. The van der Waals surface area contributed by atoms with Crippen LogP contribution in [-0.2, 0) is 47.7 Å². The predicted molar refractivity (Wildman–Crippen MR) is 248 cm³/mol. The Morgan fingerprint density at radius 2 is 1.57 bits per heavy atom. The van der Waals surface area contributed by atoms with Crippen LogP contribution in [0.1, 0.15) is 132 Å². The Kier molecular flexibility index (Phi) is 21.0. The zero-order valence-electron chi connectivity index (χ0n) is 41.2. The average Bonchev–Trinajstić information content (AvgIpc) is 3.28. The number of esters is 1. The lowest BCUT2D eigenvalue weighted by atomic mass is 9.76. The van der Waals surface area contributed by atoms with E-state index in [2.05, 4.69) is 6.92 Å². The van der Waals surface area contributed by atoms with Crippen molar-refractivity contribution in [3.63, 3.8) is 0 Å². The molecule has 3 heterocycles. The molecule has 1 amide bonds. The summed E-state index contributed by atoms with van der Waals surface area (Å²) in [6.45, 7) is 15.1. The number of cyclic esters (lactones) is 1. The van der Waals surface area contributed by atoms with Crippen LogP contribution >= 0.6 is 0 Å². The normalized spacial score (nSPS) is 40.4. The van der Waals surface area contributed by atoms with Crippen molar-refractivity contribution in [2.24, 2.45) is 41.4 Å². The zero-order chi connectivity index (χ0) is 48.2.